The third-order valence-corrected chi connectivity index (χ3v) is 4.76. The molecule has 0 saturated heterocycles. The smallest absolute Gasteiger partial charge is 0.230 e. The molecule has 1 heterocycles. The summed E-state index contributed by atoms with van der Waals surface area (Å²) in [5.41, 5.74) is 1.33. The van der Waals surface area contributed by atoms with E-state index in [9.17, 15) is 0 Å². The Kier molecular flexibility index (Phi) is 8.65. The molecular formula is C22H35N2+. The van der Waals surface area contributed by atoms with E-state index in [0.717, 1.165) is 13.1 Å². The van der Waals surface area contributed by atoms with Crippen molar-refractivity contribution in [1.29, 1.82) is 0 Å². The van der Waals surface area contributed by atoms with Gasteiger partial charge in [0, 0.05) is 0 Å². The Bertz CT molecular complexity index is 557. The van der Waals surface area contributed by atoms with Gasteiger partial charge >= 0.3 is 0 Å². The van der Waals surface area contributed by atoms with Crippen molar-refractivity contribution in [3.8, 4) is 11.4 Å². The predicted octanol–water partition coefficient (Wildman–Crippen LogP) is 5.99. The number of nitrogens with zero attached hydrogens (tertiary/aromatic N) is 2. The van der Waals surface area contributed by atoms with Crippen LogP contribution in [0.2, 0.25) is 0 Å². The van der Waals surface area contributed by atoms with Crippen LogP contribution in [0.3, 0.4) is 0 Å². The molecule has 132 valence electrons. The summed E-state index contributed by atoms with van der Waals surface area (Å²) in [4.78, 5) is 0. The monoisotopic (exact) mass is 327 g/mol. The van der Waals surface area contributed by atoms with E-state index in [1.54, 1.807) is 0 Å². The van der Waals surface area contributed by atoms with Gasteiger partial charge in [-0.15, -0.1) is 0 Å². The van der Waals surface area contributed by atoms with Gasteiger partial charge in [0.25, 0.3) is 5.82 Å². The topological polar surface area (TPSA) is 8.81 Å². The van der Waals surface area contributed by atoms with Gasteiger partial charge in [0.2, 0.25) is 0 Å². The summed E-state index contributed by atoms with van der Waals surface area (Å²) in [5, 5.41) is 0. The highest BCUT2D eigenvalue weighted by atomic mass is 15.1. The molecule has 0 unspecified atom stereocenters. The lowest BCUT2D eigenvalue weighted by atomic mass is 10.1. The van der Waals surface area contributed by atoms with Crippen LogP contribution in [-0.2, 0) is 13.1 Å². The maximum Gasteiger partial charge on any atom is 0.288 e. The zero-order valence-corrected chi connectivity index (χ0v) is 15.7. The lowest BCUT2D eigenvalue weighted by Gasteiger charge is -2.06. The van der Waals surface area contributed by atoms with Crippen LogP contribution in [0.15, 0.2) is 42.7 Å². The normalized spacial score (nSPS) is 11.1. The summed E-state index contributed by atoms with van der Waals surface area (Å²) in [6.45, 7) is 6.80. The molecule has 0 bridgehead atoms. The van der Waals surface area contributed by atoms with E-state index < -0.39 is 0 Å². The number of aromatic nitrogens is 2. The van der Waals surface area contributed by atoms with Crippen molar-refractivity contribution < 1.29 is 4.57 Å². The van der Waals surface area contributed by atoms with Crippen molar-refractivity contribution in [3.05, 3.63) is 42.7 Å². The zero-order chi connectivity index (χ0) is 17.0. The lowest BCUT2D eigenvalue weighted by Crippen LogP contribution is -2.34. The molecule has 0 amide bonds. The van der Waals surface area contributed by atoms with Crippen LogP contribution in [0.5, 0.6) is 0 Å². The lowest BCUT2D eigenvalue weighted by molar-refractivity contribution is -0.686. The highest BCUT2D eigenvalue weighted by Crippen LogP contribution is 2.17. The van der Waals surface area contributed by atoms with Crippen molar-refractivity contribution in [3.63, 3.8) is 0 Å². The standard InChI is InChI=1S/C22H35N2/c1-3-5-7-8-9-10-14-18-24-20-19-23(17-6-4-2)22(24)21-15-12-11-13-16-21/h11-13,15-16,19-20H,3-10,14,17-18H2,1-2H3/q+1. The third-order valence-electron chi connectivity index (χ3n) is 4.76. The van der Waals surface area contributed by atoms with Crippen molar-refractivity contribution in [2.24, 2.45) is 0 Å². The maximum absolute atomic E-state index is 2.46. The van der Waals surface area contributed by atoms with Crippen LogP contribution in [0, 0.1) is 0 Å². The minimum Gasteiger partial charge on any atom is -0.230 e. The number of hydrogen-bond acceptors (Lipinski definition) is 0. The molecule has 24 heavy (non-hydrogen) atoms. The van der Waals surface area contributed by atoms with Gasteiger partial charge in [-0.2, -0.15) is 0 Å². The molecule has 0 fully saturated rings. The maximum atomic E-state index is 2.46. The van der Waals surface area contributed by atoms with Crippen LogP contribution in [0.1, 0.15) is 71.6 Å². The molecule has 0 radical (unpaired) electrons. The quantitative estimate of drug-likeness (QED) is 0.334. The van der Waals surface area contributed by atoms with Gasteiger partial charge in [-0.3, -0.25) is 0 Å². The highest BCUT2D eigenvalue weighted by Gasteiger charge is 2.18. The Balaban J connectivity index is 1.95. The van der Waals surface area contributed by atoms with E-state index in [2.05, 4.69) is 65.7 Å². The predicted molar refractivity (Wildman–Crippen MR) is 103 cm³/mol. The van der Waals surface area contributed by atoms with Gasteiger partial charge in [-0.05, 0) is 31.4 Å². The molecule has 1 aromatic heterocycles. The fourth-order valence-corrected chi connectivity index (χ4v) is 3.31. The molecule has 0 saturated carbocycles. The van der Waals surface area contributed by atoms with Gasteiger partial charge in [0.05, 0.1) is 18.7 Å². The van der Waals surface area contributed by atoms with E-state index in [4.69, 9.17) is 0 Å². The summed E-state index contributed by atoms with van der Waals surface area (Å²) >= 11 is 0. The fourth-order valence-electron chi connectivity index (χ4n) is 3.31. The number of hydrogen-bond donors (Lipinski definition) is 0. The van der Waals surface area contributed by atoms with E-state index >= 15 is 0 Å². The Morgan fingerprint density at radius 3 is 2.17 bits per heavy atom. The van der Waals surface area contributed by atoms with Crippen LogP contribution in [0.25, 0.3) is 11.4 Å². The zero-order valence-electron chi connectivity index (χ0n) is 15.7. The molecule has 2 heteroatoms. The summed E-state index contributed by atoms with van der Waals surface area (Å²) in [6, 6.07) is 10.9. The Morgan fingerprint density at radius 2 is 1.46 bits per heavy atom. The molecule has 0 spiro atoms. The molecule has 2 aromatic rings. The first kappa shape index (κ1) is 18.8. The summed E-state index contributed by atoms with van der Waals surface area (Å²) in [7, 11) is 0. The average molecular weight is 328 g/mol. The van der Waals surface area contributed by atoms with E-state index in [-0.39, 0.29) is 0 Å². The van der Waals surface area contributed by atoms with Crippen molar-refractivity contribution in [2.45, 2.75) is 84.7 Å². The second-order valence-electron chi connectivity index (χ2n) is 6.85. The summed E-state index contributed by atoms with van der Waals surface area (Å²) < 4.78 is 4.89. The Labute approximate surface area is 148 Å². The van der Waals surface area contributed by atoms with Crippen molar-refractivity contribution >= 4 is 0 Å². The minimum absolute atomic E-state index is 1.12. The van der Waals surface area contributed by atoms with Gasteiger partial charge < -0.3 is 0 Å². The molecule has 0 aliphatic rings. The van der Waals surface area contributed by atoms with Gasteiger partial charge in [0.15, 0.2) is 0 Å². The van der Waals surface area contributed by atoms with Crippen molar-refractivity contribution in [2.75, 3.05) is 0 Å². The number of unbranched alkanes of at least 4 members (excludes halogenated alkanes) is 7. The first-order valence-corrected chi connectivity index (χ1v) is 10.0. The summed E-state index contributed by atoms with van der Waals surface area (Å²) in [6.07, 6.45) is 16.6. The van der Waals surface area contributed by atoms with Gasteiger partial charge in [-0.1, -0.05) is 70.6 Å². The Morgan fingerprint density at radius 1 is 0.792 bits per heavy atom. The molecule has 0 aliphatic heterocycles. The van der Waals surface area contributed by atoms with Crippen LogP contribution >= 0.6 is 0 Å². The second kappa shape index (κ2) is 11.1. The summed E-state index contributed by atoms with van der Waals surface area (Å²) in [5.74, 6) is 1.37. The third kappa shape index (κ3) is 5.81. The molecule has 0 atom stereocenters. The molecule has 0 aliphatic carbocycles. The van der Waals surface area contributed by atoms with Gasteiger partial charge in [-0.25, -0.2) is 9.13 Å². The second-order valence-corrected chi connectivity index (χ2v) is 6.85. The van der Waals surface area contributed by atoms with Crippen LogP contribution in [-0.4, -0.2) is 4.57 Å². The first-order valence-electron chi connectivity index (χ1n) is 10.0. The largest absolute Gasteiger partial charge is 0.288 e. The molecular weight excluding hydrogens is 292 g/mol. The molecule has 2 rings (SSSR count). The van der Waals surface area contributed by atoms with Crippen LogP contribution < -0.4 is 4.57 Å². The number of rotatable bonds is 12. The number of benzene rings is 1. The molecule has 2 nitrogen and oxygen atoms in total. The highest BCUT2D eigenvalue weighted by molar-refractivity contribution is 5.52. The van der Waals surface area contributed by atoms with E-state index in [0.29, 0.717) is 0 Å². The van der Waals surface area contributed by atoms with E-state index in [1.807, 2.05) is 0 Å². The minimum atomic E-state index is 1.12. The average Bonchev–Trinajstić information content (AvgIpc) is 3.02. The number of imidazole rings is 1. The van der Waals surface area contributed by atoms with Gasteiger partial charge in [0.1, 0.15) is 12.4 Å². The molecule has 0 N–H and O–H groups in total. The van der Waals surface area contributed by atoms with E-state index in [1.165, 1.54) is 69.2 Å². The first-order chi connectivity index (χ1) is 11.9. The van der Waals surface area contributed by atoms with Crippen LogP contribution in [0.4, 0.5) is 0 Å². The number of aryl methyl sites for hydroxylation is 2. The molecule has 1 aromatic carbocycles. The van der Waals surface area contributed by atoms with Crippen molar-refractivity contribution in [1.82, 2.24) is 4.57 Å². The Hall–Kier alpha value is -1.57. The fraction of sp³-hybridized carbons (Fsp3) is 0.591. The SMILES string of the molecule is CCCCCCCCC[n+]1ccn(CCCC)c1-c1ccccc1.